The van der Waals surface area contributed by atoms with E-state index in [-0.39, 0.29) is 22.8 Å². The largest absolute Gasteiger partial charge is 0.505 e. The summed E-state index contributed by atoms with van der Waals surface area (Å²) in [5.41, 5.74) is 0.597. The lowest BCUT2D eigenvalue weighted by Crippen LogP contribution is -2.12. The van der Waals surface area contributed by atoms with Crippen molar-refractivity contribution in [2.24, 2.45) is 0 Å². The van der Waals surface area contributed by atoms with Crippen LogP contribution in [0.1, 0.15) is 20.9 Å². The van der Waals surface area contributed by atoms with Gasteiger partial charge in [0.25, 0.3) is 5.91 Å². The Hall–Kier alpha value is -2.80. The van der Waals surface area contributed by atoms with E-state index in [4.69, 9.17) is 4.42 Å². The van der Waals surface area contributed by atoms with Crippen LogP contribution in [0.3, 0.4) is 0 Å². The predicted octanol–water partition coefficient (Wildman–Crippen LogP) is 3.94. The van der Waals surface area contributed by atoms with Crippen LogP contribution < -0.4 is 5.32 Å². The van der Waals surface area contributed by atoms with E-state index in [1.165, 1.54) is 25.3 Å². The lowest BCUT2D eigenvalue weighted by atomic mass is 10.1. The maximum absolute atomic E-state index is 12.4. The molecule has 122 valence electrons. The number of anilines is 1. The number of ether oxygens (including phenoxy) is 1. The zero-order valence-electron chi connectivity index (χ0n) is 12.5. The third-order valence-corrected chi connectivity index (χ3v) is 4.03. The van der Waals surface area contributed by atoms with Gasteiger partial charge < -0.3 is 19.6 Å². The zero-order valence-corrected chi connectivity index (χ0v) is 14.1. The molecule has 3 rings (SSSR count). The molecule has 0 saturated heterocycles. The number of hydrogen-bond donors (Lipinski definition) is 2. The van der Waals surface area contributed by atoms with Gasteiger partial charge in [-0.3, -0.25) is 4.79 Å². The van der Waals surface area contributed by atoms with E-state index >= 15 is 0 Å². The normalized spacial score (nSPS) is 10.6. The van der Waals surface area contributed by atoms with E-state index in [9.17, 15) is 14.7 Å². The number of nitrogens with one attached hydrogen (secondary N) is 1. The number of phenolic OH excluding ortho intramolecular Hbond substituents is 1. The molecule has 3 aromatic rings. The molecule has 0 bridgehead atoms. The average Bonchev–Trinajstić information content (AvgIpc) is 3.02. The number of esters is 1. The first kappa shape index (κ1) is 16.1. The molecule has 2 aromatic carbocycles. The highest BCUT2D eigenvalue weighted by Crippen LogP contribution is 2.30. The Labute approximate surface area is 145 Å². The molecule has 0 atom stereocenters. The minimum Gasteiger partial charge on any atom is -0.505 e. The fourth-order valence-electron chi connectivity index (χ4n) is 2.24. The van der Waals surface area contributed by atoms with Crippen LogP contribution in [0.25, 0.3) is 11.0 Å². The standard InChI is InChI=1S/C17H12BrNO5/c1-23-17(22)10-5-3-7-12(14(10)20)19-16(21)13-8-9-4-2-6-11(18)15(9)24-13/h2-8,20H,1H3,(H,19,21). The number of aromatic hydroxyl groups is 1. The van der Waals surface area contributed by atoms with Crippen LogP contribution in [0.2, 0.25) is 0 Å². The average molecular weight is 390 g/mol. The molecule has 1 aromatic heterocycles. The number of furan rings is 1. The smallest absolute Gasteiger partial charge is 0.341 e. The minimum absolute atomic E-state index is 0.0392. The highest BCUT2D eigenvalue weighted by Gasteiger charge is 2.19. The highest BCUT2D eigenvalue weighted by molar-refractivity contribution is 9.10. The lowest BCUT2D eigenvalue weighted by molar-refractivity contribution is 0.0597. The van der Waals surface area contributed by atoms with Gasteiger partial charge in [0.1, 0.15) is 11.1 Å². The summed E-state index contributed by atoms with van der Waals surface area (Å²) in [6.07, 6.45) is 0. The van der Waals surface area contributed by atoms with Gasteiger partial charge >= 0.3 is 5.97 Å². The third-order valence-electron chi connectivity index (χ3n) is 3.41. The molecule has 6 nitrogen and oxygen atoms in total. The second kappa shape index (κ2) is 6.37. The van der Waals surface area contributed by atoms with E-state index in [2.05, 4.69) is 26.0 Å². The quantitative estimate of drug-likeness (QED) is 0.523. The third kappa shape index (κ3) is 2.85. The van der Waals surface area contributed by atoms with E-state index in [1.54, 1.807) is 12.1 Å². The number of hydrogen-bond acceptors (Lipinski definition) is 5. The summed E-state index contributed by atoms with van der Waals surface area (Å²) in [5.74, 6) is -1.53. The number of rotatable bonds is 3. The van der Waals surface area contributed by atoms with Crippen molar-refractivity contribution in [1.82, 2.24) is 0 Å². The Morgan fingerprint density at radius 3 is 2.67 bits per heavy atom. The number of phenols is 1. The van der Waals surface area contributed by atoms with Crippen molar-refractivity contribution in [2.45, 2.75) is 0 Å². The van der Waals surface area contributed by atoms with Gasteiger partial charge in [-0.15, -0.1) is 0 Å². The van der Waals surface area contributed by atoms with E-state index in [0.29, 0.717) is 5.58 Å². The molecule has 7 heteroatoms. The maximum atomic E-state index is 12.4. The second-order valence-electron chi connectivity index (χ2n) is 4.92. The Bertz CT molecular complexity index is 947. The number of carbonyl (C=O) groups is 2. The van der Waals surface area contributed by atoms with Gasteiger partial charge in [-0.25, -0.2) is 4.79 Å². The van der Waals surface area contributed by atoms with Gasteiger partial charge in [0.15, 0.2) is 11.5 Å². The number of benzene rings is 2. The molecule has 0 aliphatic heterocycles. The first-order valence-electron chi connectivity index (χ1n) is 6.91. The molecular formula is C17H12BrNO5. The molecule has 0 unspecified atom stereocenters. The van der Waals surface area contributed by atoms with Crippen LogP contribution in [0.15, 0.2) is 51.4 Å². The van der Waals surface area contributed by atoms with E-state index in [0.717, 1.165) is 9.86 Å². The van der Waals surface area contributed by atoms with Crippen molar-refractivity contribution in [3.05, 3.63) is 58.3 Å². The number of methoxy groups -OCH3 is 1. The molecule has 0 aliphatic carbocycles. The minimum atomic E-state index is -0.698. The van der Waals surface area contributed by atoms with Gasteiger partial charge in [-0.1, -0.05) is 18.2 Å². The van der Waals surface area contributed by atoms with Crippen LogP contribution in [0, 0.1) is 0 Å². The summed E-state index contributed by atoms with van der Waals surface area (Å²) >= 11 is 3.35. The maximum Gasteiger partial charge on any atom is 0.341 e. The monoisotopic (exact) mass is 389 g/mol. The number of carbonyl (C=O) groups excluding carboxylic acids is 2. The SMILES string of the molecule is COC(=O)c1cccc(NC(=O)c2cc3cccc(Br)c3o2)c1O. The fraction of sp³-hybridized carbons (Fsp3) is 0.0588. The van der Waals surface area contributed by atoms with Crippen molar-refractivity contribution in [3.63, 3.8) is 0 Å². The van der Waals surface area contributed by atoms with Crippen LogP contribution in [-0.4, -0.2) is 24.1 Å². The van der Waals surface area contributed by atoms with Crippen molar-refractivity contribution in [1.29, 1.82) is 0 Å². The summed E-state index contributed by atoms with van der Waals surface area (Å²) in [5, 5.41) is 13.4. The summed E-state index contributed by atoms with van der Waals surface area (Å²) in [4.78, 5) is 23.9. The number of para-hydroxylation sites is 2. The number of amides is 1. The van der Waals surface area contributed by atoms with Crippen molar-refractivity contribution in [3.8, 4) is 5.75 Å². The summed E-state index contributed by atoms with van der Waals surface area (Å²) < 4.78 is 10.8. The van der Waals surface area contributed by atoms with Crippen LogP contribution in [-0.2, 0) is 4.74 Å². The van der Waals surface area contributed by atoms with Gasteiger partial charge in [0, 0.05) is 5.39 Å². The molecule has 0 spiro atoms. The number of halogens is 1. The first-order valence-corrected chi connectivity index (χ1v) is 7.70. The molecule has 0 saturated carbocycles. The van der Waals surface area contributed by atoms with Gasteiger partial charge in [-0.2, -0.15) is 0 Å². The first-order chi connectivity index (χ1) is 11.5. The Balaban J connectivity index is 1.92. The van der Waals surface area contributed by atoms with Crippen molar-refractivity contribution in [2.75, 3.05) is 12.4 Å². The predicted molar refractivity (Wildman–Crippen MR) is 91.3 cm³/mol. The van der Waals surface area contributed by atoms with E-state index in [1.807, 2.05) is 12.1 Å². The molecule has 1 amide bonds. The molecule has 0 radical (unpaired) electrons. The van der Waals surface area contributed by atoms with E-state index < -0.39 is 11.9 Å². The Morgan fingerprint density at radius 2 is 1.96 bits per heavy atom. The number of fused-ring (bicyclic) bond motifs is 1. The van der Waals surface area contributed by atoms with Crippen molar-refractivity contribution < 1.29 is 23.8 Å². The molecule has 2 N–H and O–H groups in total. The Kier molecular flexibility index (Phi) is 4.26. The summed E-state index contributed by atoms with van der Waals surface area (Å²) in [6, 6.07) is 11.4. The van der Waals surface area contributed by atoms with Crippen molar-refractivity contribution >= 4 is 44.5 Å². The summed E-state index contributed by atoms with van der Waals surface area (Å²) in [7, 11) is 1.21. The highest BCUT2D eigenvalue weighted by atomic mass is 79.9. The van der Waals surface area contributed by atoms with Gasteiger partial charge in [0.05, 0.1) is 17.3 Å². The van der Waals surface area contributed by atoms with Crippen LogP contribution >= 0.6 is 15.9 Å². The van der Waals surface area contributed by atoms with Gasteiger partial charge in [0.2, 0.25) is 0 Å². The Morgan fingerprint density at radius 1 is 1.21 bits per heavy atom. The molecular weight excluding hydrogens is 378 g/mol. The molecule has 1 heterocycles. The molecule has 24 heavy (non-hydrogen) atoms. The zero-order chi connectivity index (χ0) is 17.3. The second-order valence-corrected chi connectivity index (χ2v) is 5.77. The van der Waals surface area contributed by atoms with Gasteiger partial charge in [-0.05, 0) is 40.2 Å². The lowest BCUT2D eigenvalue weighted by Gasteiger charge is -2.08. The van der Waals surface area contributed by atoms with Crippen LogP contribution in [0.5, 0.6) is 5.75 Å². The summed E-state index contributed by atoms with van der Waals surface area (Å²) in [6.45, 7) is 0. The topological polar surface area (TPSA) is 88.8 Å². The molecule has 0 fully saturated rings. The molecule has 0 aliphatic rings. The van der Waals surface area contributed by atoms with Crippen LogP contribution in [0.4, 0.5) is 5.69 Å². The fourth-order valence-corrected chi connectivity index (χ4v) is 2.70.